The zero-order valence-corrected chi connectivity index (χ0v) is 11.9. The average molecular weight is 306 g/mol. The van der Waals surface area contributed by atoms with Crippen LogP contribution in [0.2, 0.25) is 0 Å². The van der Waals surface area contributed by atoms with E-state index < -0.39 is 17.8 Å². The summed E-state index contributed by atoms with van der Waals surface area (Å²) in [6.45, 7) is 0.171. The zero-order valence-electron chi connectivity index (χ0n) is 11.0. The van der Waals surface area contributed by atoms with E-state index in [2.05, 4.69) is 5.32 Å². The standard InChI is InChI=1S/C13H17F3N2OS/c1-20-7-6-11(17)12(19)18-8-9-2-4-10(5-3-9)13(14,15)16/h2-5,11H,6-8,17H2,1H3,(H,18,19)/t11-/m0/s1. The molecule has 0 aliphatic carbocycles. The number of carbonyl (C=O) groups excluding carboxylic acids is 1. The molecule has 0 unspecified atom stereocenters. The molecule has 20 heavy (non-hydrogen) atoms. The summed E-state index contributed by atoms with van der Waals surface area (Å²) in [4.78, 5) is 11.6. The Labute approximate surface area is 120 Å². The van der Waals surface area contributed by atoms with Crippen LogP contribution in [0, 0.1) is 0 Å². The van der Waals surface area contributed by atoms with Crippen molar-refractivity contribution in [3.05, 3.63) is 35.4 Å². The topological polar surface area (TPSA) is 55.1 Å². The monoisotopic (exact) mass is 306 g/mol. The van der Waals surface area contributed by atoms with Crippen molar-refractivity contribution in [1.82, 2.24) is 5.32 Å². The van der Waals surface area contributed by atoms with E-state index in [1.54, 1.807) is 11.8 Å². The SMILES string of the molecule is CSCC[C@H](N)C(=O)NCc1ccc(C(F)(F)F)cc1. The molecule has 0 saturated heterocycles. The van der Waals surface area contributed by atoms with E-state index in [4.69, 9.17) is 5.73 Å². The van der Waals surface area contributed by atoms with Crippen molar-refractivity contribution in [1.29, 1.82) is 0 Å². The molecule has 1 aromatic rings. The second-order valence-electron chi connectivity index (χ2n) is 4.30. The van der Waals surface area contributed by atoms with Crippen molar-refractivity contribution >= 4 is 17.7 Å². The second-order valence-corrected chi connectivity index (χ2v) is 5.29. The Bertz CT molecular complexity index is 434. The number of nitrogens with two attached hydrogens (primary N) is 1. The number of nitrogens with one attached hydrogen (secondary N) is 1. The molecule has 0 bridgehead atoms. The molecular formula is C13H17F3N2OS. The predicted molar refractivity (Wildman–Crippen MR) is 74.3 cm³/mol. The maximum absolute atomic E-state index is 12.4. The first-order chi connectivity index (χ1) is 9.34. The van der Waals surface area contributed by atoms with Gasteiger partial charge in [-0.1, -0.05) is 12.1 Å². The smallest absolute Gasteiger partial charge is 0.351 e. The van der Waals surface area contributed by atoms with Gasteiger partial charge < -0.3 is 11.1 Å². The van der Waals surface area contributed by atoms with Gasteiger partial charge in [0.25, 0.3) is 0 Å². The third kappa shape index (κ3) is 5.42. The number of halogens is 3. The fourth-order valence-electron chi connectivity index (χ4n) is 1.51. The number of amides is 1. The lowest BCUT2D eigenvalue weighted by Gasteiger charge is -2.12. The Morgan fingerprint density at radius 1 is 1.35 bits per heavy atom. The molecule has 3 nitrogen and oxygen atoms in total. The molecule has 3 N–H and O–H groups in total. The van der Waals surface area contributed by atoms with Gasteiger partial charge in [-0.15, -0.1) is 0 Å². The summed E-state index contributed by atoms with van der Waals surface area (Å²) in [5, 5.41) is 2.61. The molecule has 0 radical (unpaired) electrons. The lowest BCUT2D eigenvalue weighted by Crippen LogP contribution is -2.40. The highest BCUT2D eigenvalue weighted by Gasteiger charge is 2.29. The van der Waals surface area contributed by atoms with Crippen LogP contribution in [0.5, 0.6) is 0 Å². The summed E-state index contributed by atoms with van der Waals surface area (Å²) >= 11 is 1.60. The minimum Gasteiger partial charge on any atom is -0.351 e. The number of thioether (sulfide) groups is 1. The van der Waals surface area contributed by atoms with Gasteiger partial charge in [0.15, 0.2) is 0 Å². The van der Waals surface area contributed by atoms with Gasteiger partial charge in [-0.05, 0) is 36.1 Å². The molecule has 0 aliphatic rings. The van der Waals surface area contributed by atoms with Crippen LogP contribution < -0.4 is 11.1 Å². The number of alkyl halides is 3. The molecule has 0 fully saturated rings. The molecule has 0 aliphatic heterocycles. The van der Waals surface area contributed by atoms with E-state index in [1.807, 2.05) is 6.26 Å². The molecular weight excluding hydrogens is 289 g/mol. The number of hydrogen-bond donors (Lipinski definition) is 2. The van der Waals surface area contributed by atoms with Gasteiger partial charge in [0.2, 0.25) is 5.91 Å². The van der Waals surface area contributed by atoms with Crippen LogP contribution in [0.4, 0.5) is 13.2 Å². The highest BCUT2D eigenvalue weighted by Crippen LogP contribution is 2.28. The summed E-state index contributed by atoms with van der Waals surface area (Å²) in [6, 6.07) is 4.09. The fourth-order valence-corrected chi connectivity index (χ4v) is 2.00. The molecule has 1 amide bonds. The zero-order chi connectivity index (χ0) is 15.2. The van der Waals surface area contributed by atoms with Crippen LogP contribution in [-0.4, -0.2) is 24.0 Å². The van der Waals surface area contributed by atoms with Crippen molar-refractivity contribution < 1.29 is 18.0 Å². The Kier molecular flexibility index (Phi) is 6.35. The minimum absolute atomic E-state index is 0.171. The average Bonchev–Trinajstić information content (AvgIpc) is 2.41. The molecule has 0 aromatic heterocycles. The first-order valence-electron chi connectivity index (χ1n) is 6.03. The molecule has 1 rings (SSSR count). The van der Waals surface area contributed by atoms with Gasteiger partial charge in [-0.2, -0.15) is 24.9 Å². The molecule has 1 atom stereocenters. The first-order valence-corrected chi connectivity index (χ1v) is 7.42. The van der Waals surface area contributed by atoms with E-state index in [-0.39, 0.29) is 12.5 Å². The molecule has 0 saturated carbocycles. The van der Waals surface area contributed by atoms with Crippen LogP contribution in [0.25, 0.3) is 0 Å². The first kappa shape index (κ1) is 16.8. The van der Waals surface area contributed by atoms with Crippen molar-refractivity contribution in [2.45, 2.75) is 25.2 Å². The molecule has 112 valence electrons. The van der Waals surface area contributed by atoms with Gasteiger partial charge in [0.1, 0.15) is 0 Å². The number of carbonyl (C=O) groups is 1. The third-order valence-corrected chi connectivity index (χ3v) is 3.36. The van der Waals surface area contributed by atoms with Gasteiger partial charge in [-0.25, -0.2) is 0 Å². The molecule has 1 aromatic carbocycles. The van der Waals surface area contributed by atoms with E-state index in [9.17, 15) is 18.0 Å². The maximum atomic E-state index is 12.4. The quantitative estimate of drug-likeness (QED) is 0.848. The van der Waals surface area contributed by atoms with Gasteiger partial charge in [0.05, 0.1) is 11.6 Å². The summed E-state index contributed by atoms with van der Waals surface area (Å²) in [6.07, 6.45) is -1.85. The number of rotatable bonds is 6. The van der Waals surface area contributed by atoms with Crippen molar-refractivity contribution in [2.75, 3.05) is 12.0 Å². The van der Waals surface area contributed by atoms with E-state index in [0.717, 1.165) is 17.9 Å². The number of benzene rings is 1. The van der Waals surface area contributed by atoms with Crippen LogP contribution in [0.15, 0.2) is 24.3 Å². The van der Waals surface area contributed by atoms with Crippen molar-refractivity contribution in [3.8, 4) is 0 Å². The summed E-state index contributed by atoms with van der Waals surface area (Å²) in [5.74, 6) is 0.494. The Morgan fingerprint density at radius 3 is 2.45 bits per heavy atom. The summed E-state index contributed by atoms with van der Waals surface area (Å²) in [7, 11) is 0. The molecule has 0 spiro atoms. The van der Waals surface area contributed by atoms with Gasteiger partial charge >= 0.3 is 6.18 Å². The lowest BCUT2D eigenvalue weighted by atomic mass is 10.1. The van der Waals surface area contributed by atoms with Gasteiger partial charge in [-0.3, -0.25) is 4.79 Å². The van der Waals surface area contributed by atoms with E-state index in [0.29, 0.717) is 12.0 Å². The molecule has 7 heteroatoms. The summed E-state index contributed by atoms with van der Waals surface area (Å²) < 4.78 is 37.1. The van der Waals surface area contributed by atoms with Crippen LogP contribution in [0.1, 0.15) is 17.5 Å². The largest absolute Gasteiger partial charge is 0.416 e. The highest BCUT2D eigenvalue weighted by molar-refractivity contribution is 7.98. The predicted octanol–water partition coefficient (Wildman–Crippen LogP) is 2.40. The highest BCUT2D eigenvalue weighted by atomic mass is 32.2. The minimum atomic E-state index is -4.35. The Morgan fingerprint density at radius 2 is 1.95 bits per heavy atom. The van der Waals surface area contributed by atoms with Gasteiger partial charge in [0, 0.05) is 6.54 Å². The van der Waals surface area contributed by atoms with Crippen molar-refractivity contribution in [2.24, 2.45) is 5.73 Å². The Balaban J connectivity index is 2.48. The third-order valence-electron chi connectivity index (χ3n) is 2.72. The fraction of sp³-hybridized carbons (Fsp3) is 0.462. The van der Waals surface area contributed by atoms with E-state index in [1.165, 1.54) is 12.1 Å². The maximum Gasteiger partial charge on any atom is 0.416 e. The van der Waals surface area contributed by atoms with Crippen LogP contribution in [-0.2, 0) is 17.5 Å². The second kappa shape index (κ2) is 7.54. The number of hydrogen-bond acceptors (Lipinski definition) is 3. The normalized spacial score (nSPS) is 13.1. The van der Waals surface area contributed by atoms with Crippen LogP contribution in [0.3, 0.4) is 0 Å². The van der Waals surface area contributed by atoms with Crippen molar-refractivity contribution in [3.63, 3.8) is 0 Å². The molecule has 0 heterocycles. The van der Waals surface area contributed by atoms with Crippen LogP contribution >= 0.6 is 11.8 Å². The Hall–Kier alpha value is -1.21. The van der Waals surface area contributed by atoms with E-state index >= 15 is 0 Å². The summed E-state index contributed by atoms with van der Waals surface area (Å²) in [5.41, 5.74) is 5.57. The lowest BCUT2D eigenvalue weighted by molar-refractivity contribution is -0.137.